The Morgan fingerprint density at radius 1 is 0.612 bits per heavy atom. The van der Waals surface area contributed by atoms with Crippen LogP contribution in [-0.4, -0.2) is 130 Å². The summed E-state index contributed by atoms with van der Waals surface area (Å²) in [5.41, 5.74) is 6.36. The molecule has 6 atom stereocenters. The van der Waals surface area contributed by atoms with Crippen molar-refractivity contribution in [1.82, 2.24) is 46.5 Å². The molecule has 0 spiro atoms. The molecule has 0 bridgehead atoms. The largest absolute Gasteiger partial charge is 0.481 e. The van der Waals surface area contributed by atoms with E-state index < -0.39 is 96.5 Å². The first-order valence-corrected chi connectivity index (χ1v) is 15.5. The van der Waals surface area contributed by atoms with E-state index in [1.165, 1.54) is 25.0 Å². The van der Waals surface area contributed by atoms with Gasteiger partial charge in [-0.2, -0.15) is 25.3 Å². The number of nitrogens with zero attached hydrogens (tertiary/aromatic N) is 2. The predicted molar refractivity (Wildman–Crippen MR) is 172 cm³/mol. The second-order valence-corrected chi connectivity index (χ2v) is 11.1. The highest BCUT2D eigenvalue weighted by Gasteiger charge is 2.34. The number of nitrogens with two attached hydrogens (primary N) is 1. The number of thiol groups is 2. The molecule has 2 aromatic heterocycles. The van der Waals surface area contributed by atoms with Crippen molar-refractivity contribution in [1.29, 1.82) is 0 Å². The van der Waals surface area contributed by atoms with E-state index >= 15 is 0 Å². The van der Waals surface area contributed by atoms with Gasteiger partial charge >= 0.3 is 17.9 Å². The zero-order valence-corrected chi connectivity index (χ0v) is 27.3. The van der Waals surface area contributed by atoms with Gasteiger partial charge in [-0.15, -0.1) is 0 Å². The van der Waals surface area contributed by atoms with E-state index in [2.05, 4.69) is 71.8 Å². The number of amides is 5. The minimum absolute atomic E-state index is 0.0711. The third-order valence-corrected chi connectivity index (χ3v) is 7.34. The van der Waals surface area contributed by atoms with E-state index in [-0.39, 0.29) is 30.0 Å². The normalized spacial score (nSPS) is 14.5. The fourth-order valence-corrected chi connectivity index (χ4v) is 4.47. The number of hydrogen-bond donors (Lipinski definition) is 13. The zero-order valence-electron chi connectivity index (χ0n) is 25.5. The fraction of sp³-hybridized carbons (Fsp3) is 0.462. The number of aliphatic carboxylic acids is 3. The van der Waals surface area contributed by atoms with Gasteiger partial charge in [-0.25, -0.2) is 14.8 Å². The number of rotatable bonds is 21. The molecule has 5 amide bonds. The highest BCUT2D eigenvalue weighted by atomic mass is 32.1. The van der Waals surface area contributed by atoms with Crippen molar-refractivity contribution in [2.45, 2.75) is 61.9 Å². The van der Waals surface area contributed by atoms with E-state index in [4.69, 9.17) is 5.73 Å². The van der Waals surface area contributed by atoms with E-state index in [0.29, 0.717) is 5.69 Å². The maximum Gasteiger partial charge on any atom is 0.327 e. The molecule has 2 aromatic rings. The maximum atomic E-state index is 13.5. The van der Waals surface area contributed by atoms with Crippen molar-refractivity contribution in [3.05, 3.63) is 36.4 Å². The van der Waals surface area contributed by atoms with Crippen LogP contribution >= 0.6 is 25.3 Å². The van der Waals surface area contributed by atoms with Crippen LogP contribution < -0.4 is 32.3 Å². The van der Waals surface area contributed by atoms with Gasteiger partial charge in [-0.1, -0.05) is 0 Å². The first kappa shape index (κ1) is 40.0. The number of aromatic nitrogens is 4. The van der Waals surface area contributed by atoms with Crippen molar-refractivity contribution in [3.8, 4) is 0 Å². The Balaban J connectivity index is 2.34. The smallest absolute Gasteiger partial charge is 0.327 e. The molecule has 23 heteroatoms. The Hall–Kier alpha value is -5.16. The van der Waals surface area contributed by atoms with Gasteiger partial charge in [0.1, 0.15) is 30.2 Å². The van der Waals surface area contributed by atoms with Crippen molar-refractivity contribution in [2.24, 2.45) is 5.73 Å². The number of carboxylic acids is 3. The van der Waals surface area contributed by atoms with Crippen LogP contribution in [0.1, 0.15) is 24.2 Å². The Kier molecular flexibility index (Phi) is 16.0. The van der Waals surface area contributed by atoms with E-state index in [9.17, 15) is 53.7 Å². The van der Waals surface area contributed by atoms with Gasteiger partial charge in [0.05, 0.1) is 31.5 Å². The molecule has 12 N–H and O–H groups in total. The third-order valence-electron chi connectivity index (χ3n) is 6.58. The van der Waals surface area contributed by atoms with Gasteiger partial charge in [0, 0.05) is 48.1 Å². The minimum atomic E-state index is -1.83. The standard InChI is InChI=1S/C26H36N10O11S2/c27-13(7-48)21(41)32-14(1-11-5-28-9-30-11)22(42)34-16(3-19(37)38)24(44)33-15(2-12-6-29-10-31-12)23(43)35-17(4-20(39)40)25(45)36-18(8-49)26(46)47/h5-6,9-10,13-18,48-49H,1-4,7-8,27H2,(H,28,30)(H,29,31)(H,32,41)(H,33,44)(H,34,42)(H,35,43)(H,36,45)(H,37,38)(H,39,40)(H,46,47)/t13-,14-,15-,16-,17-,18-/m0/s1. The van der Waals surface area contributed by atoms with Crippen LogP contribution in [0.5, 0.6) is 0 Å². The Bertz CT molecular complexity index is 1480. The monoisotopic (exact) mass is 728 g/mol. The Morgan fingerprint density at radius 3 is 1.31 bits per heavy atom. The van der Waals surface area contributed by atoms with Gasteiger partial charge < -0.3 is 57.6 Å². The van der Waals surface area contributed by atoms with Gasteiger partial charge in [0.15, 0.2) is 0 Å². The molecule has 0 aliphatic carbocycles. The fourth-order valence-electron chi connectivity index (χ4n) is 4.06. The molecule has 2 heterocycles. The van der Waals surface area contributed by atoms with Gasteiger partial charge in [0.2, 0.25) is 29.5 Å². The molecule has 49 heavy (non-hydrogen) atoms. The summed E-state index contributed by atoms with van der Waals surface area (Å²) in [6.45, 7) is 0. The molecule has 21 nitrogen and oxygen atoms in total. The molecule has 268 valence electrons. The molecule has 0 aliphatic rings. The van der Waals surface area contributed by atoms with Crippen LogP contribution in [0.25, 0.3) is 0 Å². The Labute approximate surface area is 288 Å². The summed E-state index contributed by atoms with van der Waals surface area (Å²) in [7, 11) is 0. The van der Waals surface area contributed by atoms with Gasteiger partial charge in [-0.05, 0) is 0 Å². The molecule has 2 rings (SSSR count). The molecule has 0 saturated heterocycles. The van der Waals surface area contributed by atoms with Crippen LogP contribution in [0.4, 0.5) is 0 Å². The number of nitrogens with one attached hydrogen (secondary N) is 7. The minimum Gasteiger partial charge on any atom is -0.481 e. The number of hydrogen-bond acceptors (Lipinski definition) is 13. The summed E-state index contributed by atoms with van der Waals surface area (Å²) in [6, 6.07) is -9.29. The van der Waals surface area contributed by atoms with Crippen molar-refractivity contribution in [2.75, 3.05) is 11.5 Å². The highest BCUT2D eigenvalue weighted by molar-refractivity contribution is 7.80. The first-order valence-electron chi connectivity index (χ1n) is 14.2. The average molecular weight is 729 g/mol. The molecule has 0 saturated carbocycles. The van der Waals surface area contributed by atoms with Crippen LogP contribution in [0.3, 0.4) is 0 Å². The predicted octanol–water partition coefficient (Wildman–Crippen LogP) is -4.44. The number of aromatic amines is 2. The van der Waals surface area contributed by atoms with Crippen molar-refractivity contribution >= 4 is 72.7 Å². The summed E-state index contributed by atoms with van der Waals surface area (Å²) in [5.74, 6) is -10.2. The lowest BCUT2D eigenvalue weighted by Gasteiger charge is -2.26. The molecule has 0 aromatic carbocycles. The van der Waals surface area contributed by atoms with Crippen LogP contribution in [0.15, 0.2) is 25.0 Å². The van der Waals surface area contributed by atoms with Crippen molar-refractivity contribution < 1.29 is 53.7 Å². The summed E-state index contributed by atoms with van der Waals surface area (Å²) in [4.78, 5) is 113. The van der Waals surface area contributed by atoms with E-state index in [0.717, 1.165) is 0 Å². The lowest BCUT2D eigenvalue weighted by Crippen LogP contribution is -2.60. The molecule has 0 aliphatic heterocycles. The van der Waals surface area contributed by atoms with Crippen molar-refractivity contribution in [3.63, 3.8) is 0 Å². The SMILES string of the molecule is N[C@@H](CS)C(=O)N[C@@H](Cc1cnc[nH]1)C(=O)N[C@@H](CC(=O)O)C(=O)N[C@@H](Cc1cnc[nH]1)C(=O)N[C@@H](CC(=O)O)C(=O)N[C@@H](CS)C(=O)O. The molecule has 0 fully saturated rings. The quantitative estimate of drug-likeness (QED) is 0.0540. The number of carbonyl (C=O) groups is 8. The average Bonchev–Trinajstić information content (AvgIpc) is 3.75. The lowest BCUT2D eigenvalue weighted by atomic mass is 10.1. The molecule has 0 radical (unpaired) electrons. The Morgan fingerprint density at radius 2 is 0.980 bits per heavy atom. The van der Waals surface area contributed by atoms with Gasteiger partial charge in [-0.3, -0.25) is 33.6 Å². The zero-order chi connectivity index (χ0) is 36.7. The van der Waals surface area contributed by atoms with Crippen LogP contribution in [0.2, 0.25) is 0 Å². The number of H-pyrrole nitrogens is 2. The number of imidazole rings is 2. The van der Waals surface area contributed by atoms with Crippen LogP contribution in [0, 0.1) is 0 Å². The summed E-state index contributed by atoms with van der Waals surface area (Å²) >= 11 is 7.78. The first-order chi connectivity index (χ1) is 23.1. The summed E-state index contributed by atoms with van der Waals surface area (Å²) in [5, 5.41) is 39.2. The number of carbonyl (C=O) groups excluding carboxylic acids is 5. The molecule has 0 unspecified atom stereocenters. The summed E-state index contributed by atoms with van der Waals surface area (Å²) < 4.78 is 0. The second kappa shape index (κ2) is 19.6. The number of carboxylic acid groups (broad SMARTS) is 3. The molecular weight excluding hydrogens is 692 g/mol. The third kappa shape index (κ3) is 13.5. The maximum absolute atomic E-state index is 13.5. The lowest BCUT2D eigenvalue weighted by molar-refractivity contribution is -0.143. The summed E-state index contributed by atoms with van der Waals surface area (Å²) in [6.07, 6.45) is 2.72. The topological polar surface area (TPSA) is 341 Å². The van der Waals surface area contributed by atoms with E-state index in [1.807, 2.05) is 0 Å². The highest BCUT2D eigenvalue weighted by Crippen LogP contribution is 2.06. The molecular formula is C26H36N10O11S2. The van der Waals surface area contributed by atoms with Gasteiger partial charge in [0.25, 0.3) is 0 Å². The second-order valence-electron chi connectivity index (χ2n) is 10.4. The van der Waals surface area contributed by atoms with E-state index in [1.54, 1.807) is 0 Å². The van der Waals surface area contributed by atoms with Crippen LogP contribution in [-0.2, 0) is 51.2 Å².